The maximum absolute atomic E-state index is 11.9. The van der Waals surface area contributed by atoms with Gasteiger partial charge in [0.2, 0.25) is 5.91 Å². The molecule has 0 aromatic heterocycles. The average Bonchev–Trinajstić information content (AvgIpc) is 2.34. The lowest BCUT2D eigenvalue weighted by molar-refractivity contribution is -0.127. The zero-order valence-corrected chi connectivity index (χ0v) is 16.1. The van der Waals surface area contributed by atoms with Crippen LogP contribution in [0.5, 0.6) is 0 Å². The van der Waals surface area contributed by atoms with E-state index < -0.39 is 11.9 Å². The van der Waals surface area contributed by atoms with E-state index in [1.807, 2.05) is 73.3 Å². The van der Waals surface area contributed by atoms with E-state index in [1.54, 1.807) is 0 Å². The van der Waals surface area contributed by atoms with Crippen molar-refractivity contribution in [2.45, 2.75) is 13.5 Å². The molecular formula is C10H9I3N2O4. The van der Waals surface area contributed by atoms with Gasteiger partial charge in [-0.05, 0) is 67.8 Å². The van der Waals surface area contributed by atoms with Gasteiger partial charge in [-0.15, -0.1) is 0 Å². The van der Waals surface area contributed by atoms with Crippen molar-refractivity contribution in [1.29, 1.82) is 0 Å². The van der Waals surface area contributed by atoms with Crippen LogP contribution in [0.3, 0.4) is 0 Å². The van der Waals surface area contributed by atoms with Crippen LogP contribution in [0.2, 0.25) is 0 Å². The summed E-state index contributed by atoms with van der Waals surface area (Å²) in [4.78, 5) is 27.3. The molecule has 1 aromatic rings. The number of anilines is 1. The Bertz CT molecular complexity index is 548. The van der Waals surface area contributed by atoms with Crippen molar-refractivity contribution >= 4 is 85.3 Å². The van der Waals surface area contributed by atoms with E-state index in [0.717, 1.165) is 0 Å². The van der Waals surface area contributed by atoms with Crippen LogP contribution in [0.4, 0.5) is 5.69 Å². The predicted octanol–water partition coefficient (Wildman–Crippen LogP) is 1.78. The standard InChI is InChI=1S/C10H9I3N2O4/c1-3(17)15-19-10(18)5-6(11)4(2-16)7(12)9(14)8(5)13/h16H,2,14H2,1H3,(H,15,17). The lowest BCUT2D eigenvalue weighted by atomic mass is 10.1. The van der Waals surface area contributed by atoms with Crippen LogP contribution in [0.15, 0.2) is 0 Å². The normalized spacial score (nSPS) is 10.2. The summed E-state index contributed by atoms with van der Waals surface area (Å²) in [5.74, 6) is -1.21. The van der Waals surface area contributed by atoms with Gasteiger partial charge in [-0.25, -0.2) is 4.79 Å². The zero-order valence-electron chi connectivity index (χ0n) is 9.59. The summed E-state index contributed by atoms with van der Waals surface area (Å²) in [5, 5.41) is 9.35. The highest BCUT2D eigenvalue weighted by Gasteiger charge is 2.24. The highest BCUT2D eigenvalue weighted by Crippen LogP contribution is 2.34. The quantitative estimate of drug-likeness (QED) is 0.273. The molecule has 0 saturated carbocycles. The van der Waals surface area contributed by atoms with Gasteiger partial charge in [0.1, 0.15) is 0 Å². The first-order valence-corrected chi connectivity index (χ1v) is 8.08. The Hall–Kier alpha value is 0.110. The summed E-state index contributed by atoms with van der Waals surface area (Å²) in [7, 11) is 0. The first kappa shape index (κ1) is 17.2. The molecule has 0 unspecified atom stereocenters. The van der Waals surface area contributed by atoms with Crippen LogP contribution in [0.1, 0.15) is 22.8 Å². The molecule has 0 atom stereocenters. The van der Waals surface area contributed by atoms with Crippen LogP contribution < -0.4 is 11.2 Å². The van der Waals surface area contributed by atoms with Crippen molar-refractivity contribution in [3.8, 4) is 0 Å². The van der Waals surface area contributed by atoms with Gasteiger partial charge >= 0.3 is 5.97 Å². The van der Waals surface area contributed by atoms with Crippen LogP contribution in [0, 0.1) is 10.7 Å². The molecular weight excluding hydrogens is 593 g/mol. The van der Waals surface area contributed by atoms with Crippen molar-refractivity contribution in [3.05, 3.63) is 21.8 Å². The number of hydroxylamine groups is 1. The molecule has 0 saturated heterocycles. The third kappa shape index (κ3) is 3.81. The fraction of sp³-hybridized carbons (Fsp3) is 0.200. The number of amides is 1. The fourth-order valence-corrected chi connectivity index (χ4v) is 5.17. The molecule has 104 valence electrons. The van der Waals surface area contributed by atoms with Gasteiger partial charge in [-0.2, -0.15) is 5.48 Å². The number of aliphatic hydroxyl groups is 1. The second-order valence-electron chi connectivity index (χ2n) is 3.42. The molecule has 0 aliphatic carbocycles. The first-order valence-electron chi connectivity index (χ1n) is 4.84. The van der Waals surface area contributed by atoms with E-state index in [9.17, 15) is 14.7 Å². The average molecular weight is 602 g/mol. The van der Waals surface area contributed by atoms with Crippen LogP contribution in [-0.4, -0.2) is 17.0 Å². The highest BCUT2D eigenvalue weighted by atomic mass is 127. The van der Waals surface area contributed by atoms with E-state index in [1.165, 1.54) is 6.92 Å². The second-order valence-corrected chi connectivity index (χ2v) is 6.65. The Balaban J connectivity index is 3.31. The topological polar surface area (TPSA) is 102 Å². The molecule has 6 nitrogen and oxygen atoms in total. The number of nitrogen functional groups attached to an aromatic ring is 1. The minimum atomic E-state index is -0.721. The summed E-state index contributed by atoms with van der Waals surface area (Å²) in [5.41, 5.74) is 9.07. The molecule has 0 radical (unpaired) electrons. The lowest BCUT2D eigenvalue weighted by Crippen LogP contribution is -2.26. The third-order valence-electron chi connectivity index (χ3n) is 2.09. The Kier molecular flexibility index (Phi) is 6.52. The minimum Gasteiger partial charge on any atom is -0.397 e. The van der Waals surface area contributed by atoms with E-state index in [-0.39, 0.29) is 12.2 Å². The number of rotatable bonds is 2. The Morgan fingerprint density at radius 2 is 1.84 bits per heavy atom. The molecule has 9 heteroatoms. The van der Waals surface area contributed by atoms with Crippen molar-refractivity contribution < 1.29 is 19.5 Å². The predicted molar refractivity (Wildman–Crippen MR) is 94.2 cm³/mol. The van der Waals surface area contributed by atoms with E-state index >= 15 is 0 Å². The van der Waals surface area contributed by atoms with Gasteiger partial charge in [0.05, 0.1) is 21.4 Å². The molecule has 0 bridgehead atoms. The summed E-state index contributed by atoms with van der Waals surface area (Å²) in [6.45, 7) is 0.989. The molecule has 4 N–H and O–H groups in total. The molecule has 0 aliphatic heterocycles. The number of nitrogens with one attached hydrogen (secondary N) is 1. The Morgan fingerprint density at radius 3 is 2.32 bits per heavy atom. The van der Waals surface area contributed by atoms with Crippen molar-refractivity contribution in [1.82, 2.24) is 5.48 Å². The van der Waals surface area contributed by atoms with Gasteiger partial charge in [0.25, 0.3) is 0 Å². The Morgan fingerprint density at radius 1 is 1.26 bits per heavy atom. The van der Waals surface area contributed by atoms with Crippen LogP contribution in [0.25, 0.3) is 0 Å². The van der Waals surface area contributed by atoms with Crippen molar-refractivity contribution in [2.24, 2.45) is 0 Å². The number of carbonyl (C=O) groups excluding carboxylic acids is 2. The minimum absolute atomic E-state index is 0.233. The fourth-order valence-electron chi connectivity index (χ4n) is 1.22. The SMILES string of the molecule is CC(=O)NOC(=O)c1c(I)c(N)c(I)c(CO)c1I. The summed E-state index contributed by atoms with van der Waals surface area (Å²) < 4.78 is 1.78. The van der Waals surface area contributed by atoms with Gasteiger partial charge in [-0.3, -0.25) is 4.79 Å². The van der Waals surface area contributed by atoms with Gasteiger partial charge < -0.3 is 15.7 Å². The smallest absolute Gasteiger partial charge is 0.365 e. The number of benzene rings is 1. The van der Waals surface area contributed by atoms with E-state index in [2.05, 4.69) is 4.84 Å². The van der Waals surface area contributed by atoms with E-state index in [4.69, 9.17) is 5.73 Å². The third-order valence-corrected chi connectivity index (χ3v) is 5.63. The molecule has 0 heterocycles. The molecule has 19 heavy (non-hydrogen) atoms. The number of aliphatic hydroxyl groups excluding tert-OH is 1. The van der Waals surface area contributed by atoms with Gasteiger partial charge in [0.15, 0.2) is 0 Å². The number of halogens is 3. The first-order chi connectivity index (χ1) is 8.81. The summed E-state index contributed by atoms with van der Waals surface area (Å²) >= 11 is 5.89. The highest BCUT2D eigenvalue weighted by molar-refractivity contribution is 14.1. The molecule has 1 aromatic carbocycles. The largest absolute Gasteiger partial charge is 0.397 e. The summed E-state index contributed by atoms with van der Waals surface area (Å²) in [6.07, 6.45) is 0. The second kappa shape index (κ2) is 7.21. The Labute approximate surface area is 150 Å². The van der Waals surface area contributed by atoms with Gasteiger partial charge in [0, 0.05) is 19.6 Å². The van der Waals surface area contributed by atoms with Crippen LogP contribution >= 0.6 is 67.8 Å². The molecule has 0 fully saturated rings. The monoisotopic (exact) mass is 602 g/mol. The van der Waals surface area contributed by atoms with E-state index in [0.29, 0.717) is 22.0 Å². The van der Waals surface area contributed by atoms with Crippen LogP contribution in [-0.2, 0) is 16.2 Å². The number of nitrogens with two attached hydrogens (primary N) is 1. The van der Waals surface area contributed by atoms with Crippen molar-refractivity contribution in [2.75, 3.05) is 5.73 Å². The molecule has 1 rings (SSSR count). The maximum Gasteiger partial charge on any atom is 0.365 e. The number of carbonyl (C=O) groups is 2. The maximum atomic E-state index is 11.9. The lowest BCUT2D eigenvalue weighted by Gasteiger charge is -2.15. The number of hydrogen-bond donors (Lipinski definition) is 3. The number of hydrogen-bond acceptors (Lipinski definition) is 5. The molecule has 1 amide bonds. The summed E-state index contributed by atoms with van der Waals surface area (Å²) in [6, 6.07) is 0. The van der Waals surface area contributed by atoms with Gasteiger partial charge in [-0.1, -0.05) is 0 Å². The molecule has 0 aliphatic rings. The van der Waals surface area contributed by atoms with Crippen molar-refractivity contribution in [3.63, 3.8) is 0 Å². The zero-order chi connectivity index (χ0) is 14.7. The molecule has 0 spiro atoms.